The number of ether oxygens (including phenoxy) is 2. The Balaban J connectivity index is 1.97. The van der Waals surface area contributed by atoms with Crippen LogP contribution in [0.15, 0.2) is 41.5 Å². The van der Waals surface area contributed by atoms with Gasteiger partial charge in [0, 0.05) is 5.69 Å². The van der Waals surface area contributed by atoms with Crippen molar-refractivity contribution in [3.05, 3.63) is 53.1 Å². The molecule has 5 nitrogen and oxygen atoms in total. The van der Waals surface area contributed by atoms with E-state index in [4.69, 9.17) is 21.7 Å². The number of nitrogens with zero attached hydrogens (tertiary/aromatic N) is 1. The molecule has 28 heavy (non-hydrogen) atoms. The highest BCUT2D eigenvalue weighted by molar-refractivity contribution is 7.80. The van der Waals surface area contributed by atoms with Crippen LogP contribution in [-0.4, -0.2) is 24.5 Å². The average molecular weight is 400 g/mol. The molecular formula is C22H29N3O2S. The van der Waals surface area contributed by atoms with Crippen molar-refractivity contribution in [2.75, 3.05) is 18.5 Å². The van der Waals surface area contributed by atoms with E-state index in [1.54, 1.807) is 6.21 Å². The molecule has 0 bridgehead atoms. The highest BCUT2D eigenvalue weighted by Crippen LogP contribution is 2.28. The summed E-state index contributed by atoms with van der Waals surface area (Å²) in [6, 6.07) is 11.8. The molecule has 2 rings (SSSR count). The molecule has 0 amide bonds. The quantitative estimate of drug-likeness (QED) is 0.263. The third-order valence-electron chi connectivity index (χ3n) is 4.26. The van der Waals surface area contributed by atoms with E-state index in [0.29, 0.717) is 18.3 Å². The lowest BCUT2D eigenvalue weighted by molar-refractivity contribution is 0.272. The summed E-state index contributed by atoms with van der Waals surface area (Å²) >= 11 is 5.32. The highest BCUT2D eigenvalue weighted by atomic mass is 32.1. The average Bonchev–Trinajstić information content (AvgIpc) is 2.67. The molecule has 150 valence electrons. The molecule has 0 saturated carbocycles. The summed E-state index contributed by atoms with van der Waals surface area (Å²) < 4.78 is 11.5. The highest BCUT2D eigenvalue weighted by Gasteiger charge is 2.06. The van der Waals surface area contributed by atoms with Crippen LogP contribution in [0.5, 0.6) is 11.5 Å². The van der Waals surface area contributed by atoms with E-state index in [9.17, 15) is 0 Å². The number of anilines is 1. The van der Waals surface area contributed by atoms with Crippen LogP contribution in [0.3, 0.4) is 0 Å². The van der Waals surface area contributed by atoms with Crippen molar-refractivity contribution in [1.29, 1.82) is 0 Å². The Labute approximate surface area is 173 Å². The zero-order valence-corrected chi connectivity index (χ0v) is 17.9. The van der Waals surface area contributed by atoms with E-state index in [-0.39, 0.29) is 0 Å². The van der Waals surface area contributed by atoms with Gasteiger partial charge in [0.25, 0.3) is 0 Å². The Kier molecular flexibility index (Phi) is 8.75. The monoisotopic (exact) mass is 399 g/mol. The van der Waals surface area contributed by atoms with E-state index >= 15 is 0 Å². The summed E-state index contributed by atoms with van der Waals surface area (Å²) in [5.74, 6) is 1.48. The molecular weight excluding hydrogens is 370 g/mol. The van der Waals surface area contributed by atoms with Gasteiger partial charge < -0.3 is 14.8 Å². The van der Waals surface area contributed by atoms with Gasteiger partial charge in [-0.1, -0.05) is 25.5 Å². The second kappa shape index (κ2) is 11.3. The molecule has 6 heteroatoms. The largest absolute Gasteiger partial charge is 0.490 e. The number of nitrogens with one attached hydrogen (secondary N) is 2. The van der Waals surface area contributed by atoms with Crippen LogP contribution in [0, 0.1) is 13.8 Å². The topological polar surface area (TPSA) is 54.9 Å². The first kappa shape index (κ1) is 21.7. The van der Waals surface area contributed by atoms with Gasteiger partial charge >= 0.3 is 0 Å². The second-order valence-corrected chi connectivity index (χ2v) is 6.82. The fraction of sp³-hybridized carbons (Fsp3) is 0.364. The minimum Gasteiger partial charge on any atom is -0.490 e. The molecule has 2 aromatic rings. The maximum Gasteiger partial charge on any atom is 0.191 e. The third-order valence-corrected chi connectivity index (χ3v) is 4.45. The SMILES string of the molecule is CCCCOc1ccc(/C=N/NC(=S)Nc2cccc(C)c2C)cc1OCC. The van der Waals surface area contributed by atoms with Crippen LogP contribution in [-0.2, 0) is 0 Å². The van der Waals surface area contributed by atoms with E-state index in [1.165, 1.54) is 5.56 Å². The maximum absolute atomic E-state index is 5.80. The molecule has 0 heterocycles. The van der Waals surface area contributed by atoms with Gasteiger partial charge in [-0.25, -0.2) is 0 Å². The summed E-state index contributed by atoms with van der Waals surface area (Å²) in [7, 11) is 0. The van der Waals surface area contributed by atoms with Crippen molar-refractivity contribution in [3.63, 3.8) is 0 Å². The molecule has 0 fully saturated rings. The number of aryl methyl sites for hydroxylation is 1. The van der Waals surface area contributed by atoms with Crippen LogP contribution in [0.2, 0.25) is 0 Å². The molecule has 0 aliphatic heterocycles. The van der Waals surface area contributed by atoms with Gasteiger partial charge in [0.05, 0.1) is 19.4 Å². The maximum atomic E-state index is 5.80. The standard InChI is InChI=1S/C22H29N3O2S/c1-5-7-13-27-20-12-11-18(14-21(20)26-6-2)15-23-25-22(28)24-19-10-8-9-16(3)17(19)4/h8-12,14-15H,5-7,13H2,1-4H3,(H2,24,25,28)/b23-15+. The lowest BCUT2D eigenvalue weighted by Gasteiger charge is -2.12. The number of thiocarbonyl (C=S) groups is 1. The summed E-state index contributed by atoms with van der Waals surface area (Å²) in [5.41, 5.74) is 7.09. The van der Waals surface area contributed by atoms with Crippen molar-refractivity contribution in [1.82, 2.24) is 5.43 Å². The molecule has 0 saturated heterocycles. The second-order valence-electron chi connectivity index (χ2n) is 6.41. The van der Waals surface area contributed by atoms with E-state index in [1.807, 2.05) is 37.3 Å². The fourth-order valence-corrected chi connectivity index (χ4v) is 2.68. The smallest absolute Gasteiger partial charge is 0.191 e. The number of benzene rings is 2. The lowest BCUT2D eigenvalue weighted by Crippen LogP contribution is -2.24. The van der Waals surface area contributed by atoms with Gasteiger partial charge in [0.2, 0.25) is 0 Å². The normalized spacial score (nSPS) is 10.7. The number of rotatable bonds is 9. The molecule has 0 unspecified atom stereocenters. The molecule has 2 aromatic carbocycles. The van der Waals surface area contributed by atoms with Gasteiger partial charge in [-0.05, 0) is 80.4 Å². The number of unbranched alkanes of at least 4 members (excludes halogenated alkanes) is 1. The first-order valence-corrected chi connectivity index (χ1v) is 10.0. The van der Waals surface area contributed by atoms with Crippen molar-refractivity contribution >= 4 is 29.2 Å². The van der Waals surface area contributed by atoms with Crippen LogP contribution in [0.25, 0.3) is 0 Å². The first-order valence-electron chi connectivity index (χ1n) is 9.61. The van der Waals surface area contributed by atoms with E-state index in [2.05, 4.69) is 42.7 Å². The van der Waals surface area contributed by atoms with Crippen LogP contribution in [0.4, 0.5) is 5.69 Å². The Hall–Kier alpha value is -2.60. The minimum absolute atomic E-state index is 0.439. The number of hydrogen-bond acceptors (Lipinski definition) is 4. The van der Waals surface area contributed by atoms with Crippen LogP contribution in [0.1, 0.15) is 43.4 Å². The van der Waals surface area contributed by atoms with E-state index < -0.39 is 0 Å². The Morgan fingerprint density at radius 2 is 1.93 bits per heavy atom. The zero-order valence-electron chi connectivity index (χ0n) is 17.0. The molecule has 0 aliphatic carbocycles. The van der Waals surface area contributed by atoms with Crippen molar-refractivity contribution < 1.29 is 9.47 Å². The molecule has 0 aromatic heterocycles. The summed E-state index contributed by atoms with van der Waals surface area (Å²) in [4.78, 5) is 0. The van der Waals surface area contributed by atoms with Gasteiger partial charge in [-0.15, -0.1) is 0 Å². The lowest BCUT2D eigenvalue weighted by atomic mass is 10.1. The minimum atomic E-state index is 0.439. The molecule has 0 aliphatic rings. The number of hydrogen-bond donors (Lipinski definition) is 2. The van der Waals surface area contributed by atoms with Crippen molar-refractivity contribution in [2.45, 2.75) is 40.5 Å². The molecule has 2 N–H and O–H groups in total. The Morgan fingerprint density at radius 1 is 1.11 bits per heavy atom. The van der Waals surface area contributed by atoms with Gasteiger partial charge in [-0.3, -0.25) is 5.43 Å². The van der Waals surface area contributed by atoms with E-state index in [0.717, 1.165) is 41.2 Å². The van der Waals surface area contributed by atoms with Gasteiger partial charge in [0.1, 0.15) is 0 Å². The fourth-order valence-electron chi connectivity index (χ4n) is 2.52. The molecule has 0 spiro atoms. The Bertz CT molecular complexity index is 821. The molecule has 0 radical (unpaired) electrons. The number of hydrazone groups is 1. The Morgan fingerprint density at radius 3 is 2.68 bits per heavy atom. The third kappa shape index (κ3) is 6.53. The van der Waals surface area contributed by atoms with Crippen LogP contribution < -0.4 is 20.2 Å². The van der Waals surface area contributed by atoms with Crippen molar-refractivity contribution in [3.8, 4) is 11.5 Å². The van der Waals surface area contributed by atoms with Crippen LogP contribution >= 0.6 is 12.2 Å². The zero-order chi connectivity index (χ0) is 20.4. The van der Waals surface area contributed by atoms with Crippen molar-refractivity contribution in [2.24, 2.45) is 5.10 Å². The predicted molar refractivity (Wildman–Crippen MR) is 121 cm³/mol. The molecule has 0 atom stereocenters. The predicted octanol–water partition coefficient (Wildman–Crippen LogP) is 5.20. The first-order chi connectivity index (χ1) is 13.5. The van der Waals surface area contributed by atoms with Gasteiger partial charge in [-0.2, -0.15) is 5.10 Å². The summed E-state index contributed by atoms with van der Waals surface area (Å²) in [6.07, 6.45) is 3.81. The van der Waals surface area contributed by atoms with Gasteiger partial charge in [0.15, 0.2) is 16.6 Å². The summed E-state index contributed by atoms with van der Waals surface area (Å²) in [6.45, 7) is 9.48. The summed E-state index contributed by atoms with van der Waals surface area (Å²) in [5, 5.41) is 7.83.